The summed E-state index contributed by atoms with van der Waals surface area (Å²) >= 11 is 3.45. The van der Waals surface area contributed by atoms with Gasteiger partial charge in [0.2, 0.25) is 11.8 Å². The molecular weight excluding hydrogens is 655 g/mol. The average Bonchev–Trinajstić information content (AvgIpc) is 3.06. The van der Waals surface area contributed by atoms with Crippen LogP contribution in [0.5, 0.6) is 0 Å². The Morgan fingerprint density at radius 2 is 1.54 bits per heavy atom. The predicted molar refractivity (Wildman–Crippen MR) is 181 cm³/mol. The molecule has 0 spiro atoms. The molecule has 1 atom stereocenters. The number of hydrogen-bond donors (Lipinski definition) is 0. The van der Waals surface area contributed by atoms with Gasteiger partial charge in [-0.2, -0.15) is 13.2 Å². The summed E-state index contributed by atoms with van der Waals surface area (Å²) in [7, 11) is 0. The summed E-state index contributed by atoms with van der Waals surface area (Å²) in [6.45, 7) is 10.9. The lowest BCUT2D eigenvalue weighted by Crippen LogP contribution is -2.56. The Morgan fingerprint density at radius 1 is 0.891 bits per heavy atom. The van der Waals surface area contributed by atoms with Crippen LogP contribution in [0.4, 0.5) is 13.2 Å². The number of amides is 2. The van der Waals surface area contributed by atoms with Crippen LogP contribution in [0.2, 0.25) is 0 Å². The monoisotopic (exact) mass is 691 g/mol. The molecule has 1 aliphatic heterocycles. The van der Waals surface area contributed by atoms with Crippen LogP contribution in [-0.4, -0.2) is 65.3 Å². The van der Waals surface area contributed by atoms with Gasteiger partial charge in [0.25, 0.3) is 0 Å². The summed E-state index contributed by atoms with van der Waals surface area (Å²) in [4.78, 5) is 33.9. The predicted octanol–water partition coefficient (Wildman–Crippen LogP) is 7.56. The molecule has 0 bridgehead atoms. The normalized spacial score (nSPS) is 15.0. The van der Waals surface area contributed by atoms with Crippen LogP contribution in [0.15, 0.2) is 126 Å². The first-order valence-corrected chi connectivity index (χ1v) is 15.8. The number of rotatable bonds is 12. The Labute approximate surface area is 277 Å². The maximum absolute atomic E-state index is 14.3. The minimum atomic E-state index is -4.45. The van der Waals surface area contributed by atoms with Gasteiger partial charge in [-0.15, -0.1) is 0 Å². The second kappa shape index (κ2) is 16.4. The molecule has 1 fully saturated rings. The first kappa shape index (κ1) is 34.7. The zero-order valence-corrected chi connectivity index (χ0v) is 27.1. The molecule has 9 heteroatoms. The Kier molecular flexibility index (Phi) is 12.3. The van der Waals surface area contributed by atoms with Gasteiger partial charge in [-0.3, -0.25) is 14.5 Å². The third kappa shape index (κ3) is 9.89. The van der Waals surface area contributed by atoms with E-state index in [9.17, 15) is 22.8 Å². The van der Waals surface area contributed by atoms with E-state index in [4.69, 9.17) is 0 Å². The van der Waals surface area contributed by atoms with Gasteiger partial charge in [0.05, 0.1) is 5.56 Å². The smallest absolute Gasteiger partial charge is 0.338 e. The maximum atomic E-state index is 14.3. The highest BCUT2D eigenvalue weighted by atomic mass is 79.9. The minimum Gasteiger partial charge on any atom is -0.338 e. The topological polar surface area (TPSA) is 43.9 Å². The molecule has 4 rings (SSSR count). The fourth-order valence-electron chi connectivity index (χ4n) is 5.27. The van der Waals surface area contributed by atoms with Crippen LogP contribution in [-0.2, 0) is 28.7 Å². The fourth-order valence-corrected chi connectivity index (χ4v) is 5.54. The van der Waals surface area contributed by atoms with E-state index in [1.54, 1.807) is 17.1 Å². The van der Waals surface area contributed by atoms with Crippen LogP contribution >= 0.6 is 15.9 Å². The summed E-state index contributed by atoms with van der Waals surface area (Å²) in [5, 5.41) is 0. The van der Waals surface area contributed by atoms with Crippen molar-refractivity contribution in [2.75, 3.05) is 32.7 Å². The highest BCUT2D eigenvalue weighted by molar-refractivity contribution is 9.10. The molecule has 0 N–H and O–H groups in total. The Morgan fingerprint density at radius 3 is 2.13 bits per heavy atom. The van der Waals surface area contributed by atoms with E-state index in [2.05, 4.69) is 34.0 Å². The molecule has 1 saturated heterocycles. The van der Waals surface area contributed by atoms with Crippen molar-refractivity contribution in [3.8, 4) is 0 Å². The molecule has 1 heterocycles. The van der Waals surface area contributed by atoms with E-state index < -0.39 is 23.7 Å². The van der Waals surface area contributed by atoms with Crippen molar-refractivity contribution in [1.29, 1.82) is 0 Å². The molecular formula is C37H37BrF3N3O2. The molecule has 1 unspecified atom stereocenters. The van der Waals surface area contributed by atoms with Crippen molar-refractivity contribution in [2.45, 2.75) is 25.2 Å². The van der Waals surface area contributed by atoms with Gasteiger partial charge in [0, 0.05) is 56.2 Å². The number of carbonyl (C=O) groups excluding carboxylic acids is 2. The highest BCUT2D eigenvalue weighted by Gasteiger charge is 2.34. The zero-order valence-electron chi connectivity index (χ0n) is 25.5. The molecule has 46 heavy (non-hydrogen) atoms. The summed E-state index contributed by atoms with van der Waals surface area (Å²) in [5.74, 6) is -0.566. The summed E-state index contributed by atoms with van der Waals surface area (Å²) in [6, 6.07) is 20.9. The lowest BCUT2D eigenvalue weighted by atomic mass is 10.0. The van der Waals surface area contributed by atoms with Crippen molar-refractivity contribution in [3.63, 3.8) is 0 Å². The van der Waals surface area contributed by atoms with Crippen LogP contribution < -0.4 is 0 Å². The van der Waals surface area contributed by atoms with Crippen molar-refractivity contribution in [2.24, 2.45) is 0 Å². The van der Waals surface area contributed by atoms with Crippen LogP contribution in [0.3, 0.4) is 0 Å². The number of nitrogens with zero attached hydrogens (tertiary/aromatic N) is 3. The van der Waals surface area contributed by atoms with Gasteiger partial charge < -0.3 is 9.80 Å². The van der Waals surface area contributed by atoms with Crippen LogP contribution in [0.1, 0.15) is 22.3 Å². The SMILES string of the molecule is C=C/C=C(\C=C)CN1CCN(C(=O)C(Cc2ccccc2)N(Cc2ccc(Br)cc2)C(=O)/C=C/c2ccc(C(F)(F)F)cc2)CC1. The van der Waals surface area contributed by atoms with Crippen LogP contribution in [0, 0.1) is 0 Å². The van der Waals surface area contributed by atoms with E-state index in [0.717, 1.165) is 33.3 Å². The zero-order chi connectivity index (χ0) is 33.1. The standard InChI is InChI=1S/C37H37BrF3N3O2/c1-3-8-28(4-2)26-42-21-23-43(24-22-42)36(46)34(25-30-9-6-5-7-10-30)44(27-31-13-18-33(38)19-14-31)35(45)20-15-29-11-16-32(17-12-29)37(39,40)41/h3-20,34H,1-2,21-27H2/b20-15+,28-8+. The largest absolute Gasteiger partial charge is 0.416 e. The molecule has 3 aromatic rings. The van der Waals surface area contributed by atoms with Gasteiger partial charge in [-0.05, 0) is 52.6 Å². The van der Waals surface area contributed by atoms with E-state index in [-0.39, 0.29) is 12.5 Å². The second-order valence-electron chi connectivity index (χ2n) is 11.0. The van der Waals surface area contributed by atoms with Gasteiger partial charge in [0.1, 0.15) is 6.04 Å². The Balaban J connectivity index is 1.62. The van der Waals surface area contributed by atoms with E-state index in [1.165, 1.54) is 24.3 Å². The fraction of sp³-hybridized carbons (Fsp3) is 0.243. The van der Waals surface area contributed by atoms with Crippen molar-refractivity contribution in [3.05, 3.63) is 149 Å². The van der Waals surface area contributed by atoms with Gasteiger partial charge in [0.15, 0.2) is 0 Å². The molecule has 240 valence electrons. The Bertz CT molecular complexity index is 1540. The quantitative estimate of drug-likeness (QED) is 0.145. The molecule has 5 nitrogen and oxygen atoms in total. The van der Waals surface area contributed by atoms with Gasteiger partial charge >= 0.3 is 6.18 Å². The number of hydrogen-bond acceptors (Lipinski definition) is 3. The molecule has 2 amide bonds. The Hall–Kier alpha value is -4.21. The number of carbonyl (C=O) groups is 2. The van der Waals surface area contributed by atoms with Crippen molar-refractivity contribution in [1.82, 2.24) is 14.7 Å². The molecule has 0 aliphatic carbocycles. The molecule has 3 aromatic carbocycles. The molecule has 1 aliphatic rings. The van der Waals surface area contributed by atoms with E-state index in [0.29, 0.717) is 44.7 Å². The van der Waals surface area contributed by atoms with Gasteiger partial charge in [-0.25, -0.2) is 0 Å². The summed E-state index contributed by atoms with van der Waals surface area (Å²) < 4.78 is 40.1. The number of halogens is 4. The first-order valence-electron chi connectivity index (χ1n) is 15.0. The maximum Gasteiger partial charge on any atom is 0.416 e. The van der Waals surface area contributed by atoms with Crippen molar-refractivity contribution >= 4 is 33.8 Å². The molecule has 0 radical (unpaired) electrons. The summed E-state index contributed by atoms with van der Waals surface area (Å²) in [6.07, 6.45) is 4.11. The van der Waals surface area contributed by atoms with E-state index >= 15 is 0 Å². The van der Waals surface area contributed by atoms with Crippen molar-refractivity contribution < 1.29 is 22.8 Å². The number of alkyl halides is 3. The third-order valence-corrected chi connectivity index (χ3v) is 8.35. The number of piperazine rings is 1. The average molecular weight is 693 g/mol. The molecule has 0 saturated carbocycles. The lowest BCUT2D eigenvalue weighted by molar-refractivity contribution is -0.145. The molecule has 0 aromatic heterocycles. The lowest BCUT2D eigenvalue weighted by Gasteiger charge is -2.39. The number of benzene rings is 3. The first-order chi connectivity index (χ1) is 22.1. The van der Waals surface area contributed by atoms with Gasteiger partial charge in [-0.1, -0.05) is 102 Å². The summed E-state index contributed by atoms with van der Waals surface area (Å²) in [5.41, 5.74) is 2.46. The highest BCUT2D eigenvalue weighted by Crippen LogP contribution is 2.29. The second-order valence-corrected chi connectivity index (χ2v) is 11.9. The third-order valence-electron chi connectivity index (χ3n) is 7.82. The minimum absolute atomic E-state index is 0.150. The van der Waals surface area contributed by atoms with Crippen LogP contribution in [0.25, 0.3) is 6.08 Å². The van der Waals surface area contributed by atoms with E-state index in [1.807, 2.05) is 65.6 Å². The number of allylic oxidation sites excluding steroid dienone is 2.